The lowest BCUT2D eigenvalue weighted by atomic mass is 9.62. The standard InChI is InChI=1S/C21H29N4O2/c1-23(2)14-12-21(10-4-11-21)15-6-8-16(9-7-15)25-19(18(22)26)24-13-3-5-17(24)20(25)27/h5-9,17,19H,3-4,10-14H2,1-2H3,(H2,22,26)/t17-,19?/m0/s1. The molecule has 2 heterocycles. The van der Waals surface area contributed by atoms with Crippen LogP contribution in [0, 0.1) is 6.42 Å². The van der Waals surface area contributed by atoms with Crippen LogP contribution < -0.4 is 10.6 Å². The largest absolute Gasteiger partial charge is 0.367 e. The lowest BCUT2D eigenvalue weighted by Gasteiger charge is -2.43. The van der Waals surface area contributed by atoms with Gasteiger partial charge in [-0.05, 0) is 75.9 Å². The van der Waals surface area contributed by atoms with Gasteiger partial charge >= 0.3 is 0 Å². The van der Waals surface area contributed by atoms with Crippen molar-refractivity contribution < 1.29 is 9.59 Å². The van der Waals surface area contributed by atoms with E-state index in [9.17, 15) is 9.59 Å². The van der Waals surface area contributed by atoms with Gasteiger partial charge in [0, 0.05) is 12.2 Å². The van der Waals surface area contributed by atoms with Crippen molar-refractivity contribution in [3.8, 4) is 0 Å². The summed E-state index contributed by atoms with van der Waals surface area (Å²) in [4.78, 5) is 30.7. The van der Waals surface area contributed by atoms with E-state index in [0.29, 0.717) is 6.54 Å². The van der Waals surface area contributed by atoms with E-state index < -0.39 is 12.1 Å². The van der Waals surface area contributed by atoms with Gasteiger partial charge in [-0.15, -0.1) is 0 Å². The molecule has 2 amide bonds. The molecule has 6 nitrogen and oxygen atoms in total. The molecule has 2 atom stereocenters. The Morgan fingerprint density at radius 1 is 1.26 bits per heavy atom. The number of hydrogen-bond donors (Lipinski definition) is 1. The Morgan fingerprint density at radius 3 is 2.52 bits per heavy atom. The second kappa shape index (κ2) is 6.91. The number of carbonyl (C=O) groups excluding carboxylic acids is 2. The highest BCUT2D eigenvalue weighted by atomic mass is 16.2. The highest BCUT2D eigenvalue weighted by molar-refractivity contribution is 6.06. The van der Waals surface area contributed by atoms with Crippen molar-refractivity contribution in [2.45, 2.75) is 49.7 Å². The molecule has 1 unspecified atom stereocenters. The molecule has 1 saturated carbocycles. The SMILES string of the molecule is CN(C)CCC1(c2ccc(N3C(=O)[C@@H]4[CH]CCN4C3C(N)=O)cc2)CCC1. The van der Waals surface area contributed by atoms with Crippen molar-refractivity contribution in [2.24, 2.45) is 5.73 Å². The Labute approximate surface area is 161 Å². The van der Waals surface area contributed by atoms with E-state index in [0.717, 1.165) is 25.1 Å². The minimum atomic E-state index is -0.682. The van der Waals surface area contributed by atoms with Gasteiger partial charge in [-0.25, -0.2) is 0 Å². The van der Waals surface area contributed by atoms with E-state index in [4.69, 9.17) is 5.73 Å². The van der Waals surface area contributed by atoms with Crippen molar-refractivity contribution in [3.63, 3.8) is 0 Å². The van der Waals surface area contributed by atoms with Gasteiger partial charge in [0.25, 0.3) is 5.91 Å². The van der Waals surface area contributed by atoms with Gasteiger partial charge in [-0.3, -0.25) is 19.4 Å². The van der Waals surface area contributed by atoms with Gasteiger partial charge in [-0.1, -0.05) is 18.6 Å². The summed E-state index contributed by atoms with van der Waals surface area (Å²) in [5, 5.41) is 0. The average molecular weight is 369 g/mol. The molecule has 2 saturated heterocycles. The van der Waals surface area contributed by atoms with E-state index in [1.54, 1.807) is 4.90 Å². The summed E-state index contributed by atoms with van der Waals surface area (Å²) < 4.78 is 0. The number of primary amides is 1. The van der Waals surface area contributed by atoms with Crippen molar-refractivity contribution in [1.29, 1.82) is 0 Å². The molecular weight excluding hydrogens is 340 g/mol. The van der Waals surface area contributed by atoms with Gasteiger partial charge < -0.3 is 10.6 Å². The number of anilines is 1. The predicted molar refractivity (Wildman–Crippen MR) is 105 cm³/mol. The summed E-state index contributed by atoms with van der Waals surface area (Å²) in [5.41, 5.74) is 8.01. The van der Waals surface area contributed by atoms with Crippen molar-refractivity contribution in [1.82, 2.24) is 9.80 Å². The third kappa shape index (κ3) is 3.05. The van der Waals surface area contributed by atoms with Crippen LogP contribution in [-0.2, 0) is 15.0 Å². The van der Waals surface area contributed by atoms with Crippen molar-refractivity contribution in [3.05, 3.63) is 36.2 Å². The number of amides is 2. The highest BCUT2D eigenvalue weighted by Gasteiger charge is 2.51. The van der Waals surface area contributed by atoms with Gasteiger partial charge in [0.15, 0.2) is 6.17 Å². The molecule has 1 radical (unpaired) electrons. The summed E-state index contributed by atoms with van der Waals surface area (Å²) in [6.45, 7) is 1.77. The first-order valence-electron chi connectivity index (χ1n) is 9.90. The quantitative estimate of drug-likeness (QED) is 0.825. The average Bonchev–Trinajstić information content (AvgIpc) is 3.16. The zero-order valence-corrected chi connectivity index (χ0v) is 16.2. The smallest absolute Gasteiger partial charge is 0.255 e. The minimum absolute atomic E-state index is 0.0463. The Morgan fingerprint density at radius 2 is 1.96 bits per heavy atom. The van der Waals surface area contributed by atoms with Crippen LogP contribution in [0.5, 0.6) is 0 Å². The molecule has 3 fully saturated rings. The summed E-state index contributed by atoms with van der Waals surface area (Å²) >= 11 is 0. The normalized spacial score (nSPS) is 27.1. The van der Waals surface area contributed by atoms with Crippen LogP contribution in [0.1, 0.15) is 37.7 Å². The first-order valence-corrected chi connectivity index (χ1v) is 9.90. The number of nitrogens with two attached hydrogens (primary N) is 1. The van der Waals surface area contributed by atoms with E-state index in [-0.39, 0.29) is 17.4 Å². The summed E-state index contributed by atoms with van der Waals surface area (Å²) in [6, 6.07) is 7.94. The number of fused-ring (bicyclic) bond motifs is 1. The molecule has 145 valence electrons. The molecule has 0 spiro atoms. The fourth-order valence-electron chi connectivity index (χ4n) is 4.84. The summed E-state index contributed by atoms with van der Waals surface area (Å²) in [7, 11) is 4.23. The second-order valence-corrected chi connectivity index (χ2v) is 8.43. The third-order valence-electron chi connectivity index (χ3n) is 6.54. The van der Waals surface area contributed by atoms with Gasteiger partial charge in [0.05, 0.1) is 6.04 Å². The van der Waals surface area contributed by atoms with Gasteiger partial charge in [-0.2, -0.15) is 0 Å². The van der Waals surface area contributed by atoms with Crippen LogP contribution in [0.15, 0.2) is 24.3 Å². The Hall–Kier alpha value is -1.92. The molecule has 6 heteroatoms. The van der Waals surface area contributed by atoms with Crippen LogP contribution in [0.2, 0.25) is 0 Å². The first-order chi connectivity index (χ1) is 12.9. The van der Waals surface area contributed by atoms with E-state index in [2.05, 4.69) is 31.1 Å². The first kappa shape index (κ1) is 18.4. The molecular formula is C21H29N4O2. The molecule has 2 aliphatic heterocycles. The second-order valence-electron chi connectivity index (χ2n) is 8.43. The molecule has 1 aromatic carbocycles. The number of hydrogen-bond acceptors (Lipinski definition) is 4. The fraction of sp³-hybridized carbons (Fsp3) is 0.571. The molecule has 0 aromatic heterocycles. The van der Waals surface area contributed by atoms with Crippen LogP contribution in [0.25, 0.3) is 0 Å². The minimum Gasteiger partial charge on any atom is -0.367 e. The maximum atomic E-state index is 12.9. The molecule has 1 aliphatic carbocycles. The van der Waals surface area contributed by atoms with Crippen LogP contribution in [-0.4, -0.2) is 61.0 Å². The maximum Gasteiger partial charge on any atom is 0.255 e. The monoisotopic (exact) mass is 369 g/mol. The highest BCUT2D eigenvalue weighted by Crippen LogP contribution is 2.47. The zero-order chi connectivity index (χ0) is 19.2. The molecule has 2 N–H and O–H groups in total. The molecule has 27 heavy (non-hydrogen) atoms. The van der Waals surface area contributed by atoms with Crippen molar-refractivity contribution >= 4 is 17.5 Å². The Bertz CT molecular complexity index is 726. The number of rotatable bonds is 6. The van der Waals surface area contributed by atoms with Crippen LogP contribution in [0.3, 0.4) is 0 Å². The lowest BCUT2D eigenvalue weighted by Crippen LogP contribution is -2.49. The Balaban J connectivity index is 1.58. The van der Waals surface area contributed by atoms with Crippen LogP contribution in [0.4, 0.5) is 5.69 Å². The number of benzene rings is 1. The topological polar surface area (TPSA) is 69.9 Å². The number of carbonyl (C=O) groups is 2. The van der Waals surface area contributed by atoms with E-state index in [1.807, 2.05) is 23.5 Å². The number of nitrogens with zero attached hydrogens (tertiary/aromatic N) is 3. The summed E-state index contributed by atoms with van der Waals surface area (Å²) in [6.07, 6.45) is 6.99. The molecule has 0 bridgehead atoms. The Kier molecular flexibility index (Phi) is 4.72. The lowest BCUT2D eigenvalue weighted by molar-refractivity contribution is -0.122. The van der Waals surface area contributed by atoms with Gasteiger partial charge in [0.2, 0.25) is 5.91 Å². The molecule has 3 aliphatic rings. The van der Waals surface area contributed by atoms with Crippen LogP contribution >= 0.6 is 0 Å². The van der Waals surface area contributed by atoms with E-state index in [1.165, 1.54) is 24.8 Å². The maximum absolute atomic E-state index is 12.9. The summed E-state index contributed by atoms with van der Waals surface area (Å²) in [5.74, 6) is -0.512. The van der Waals surface area contributed by atoms with E-state index >= 15 is 0 Å². The fourth-order valence-corrected chi connectivity index (χ4v) is 4.84. The zero-order valence-electron chi connectivity index (χ0n) is 16.2. The molecule has 1 aromatic rings. The van der Waals surface area contributed by atoms with Crippen molar-refractivity contribution in [2.75, 3.05) is 32.1 Å². The third-order valence-corrected chi connectivity index (χ3v) is 6.54. The van der Waals surface area contributed by atoms with Gasteiger partial charge in [0.1, 0.15) is 0 Å². The molecule has 4 rings (SSSR count). The predicted octanol–water partition coefficient (Wildman–Crippen LogP) is 1.50.